The van der Waals surface area contributed by atoms with Crippen molar-refractivity contribution in [1.29, 1.82) is 0 Å². The van der Waals surface area contributed by atoms with E-state index < -0.39 is 0 Å². The molecule has 2 nitrogen and oxygen atoms in total. The fourth-order valence-corrected chi connectivity index (χ4v) is 2.82. The van der Waals surface area contributed by atoms with Crippen LogP contribution in [0.25, 0.3) is 6.08 Å². The van der Waals surface area contributed by atoms with E-state index in [-0.39, 0.29) is 0 Å². The quantitative estimate of drug-likeness (QED) is 0.830. The van der Waals surface area contributed by atoms with Crippen molar-refractivity contribution >= 4 is 6.08 Å². The third-order valence-corrected chi connectivity index (χ3v) is 3.79. The van der Waals surface area contributed by atoms with Crippen LogP contribution in [0, 0.1) is 5.92 Å². The van der Waals surface area contributed by atoms with Crippen LogP contribution in [0.1, 0.15) is 11.1 Å². The zero-order valence-electron chi connectivity index (χ0n) is 10.2. The predicted molar refractivity (Wildman–Crippen MR) is 72.0 cm³/mol. The highest BCUT2D eigenvalue weighted by molar-refractivity contribution is 5.56. The fourth-order valence-electron chi connectivity index (χ4n) is 2.82. The van der Waals surface area contributed by atoms with Gasteiger partial charge in [-0.2, -0.15) is 0 Å². The van der Waals surface area contributed by atoms with E-state index in [1.54, 1.807) is 0 Å². The second kappa shape index (κ2) is 5.03. The number of benzene rings is 1. The maximum atomic E-state index is 3.41. The summed E-state index contributed by atoms with van der Waals surface area (Å²) >= 11 is 0. The molecule has 1 aromatic rings. The predicted octanol–water partition coefficient (Wildman–Crippen LogP) is 1.78. The van der Waals surface area contributed by atoms with E-state index in [0.29, 0.717) is 5.92 Å². The lowest BCUT2D eigenvalue weighted by atomic mass is 9.89. The lowest BCUT2D eigenvalue weighted by Gasteiger charge is -2.31. The number of hydrogen-bond acceptors (Lipinski definition) is 2. The van der Waals surface area contributed by atoms with E-state index in [2.05, 4.69) is 46.6 Å². The first-order chi connectivity index (χ1) is 8.42. The van der Waals surface area contributed by atoms with E-state index >= 15 is 0 Å². The van der Waals surface area contributed by atoms with E-state index in [0.717, 1.165) is 13.1 Å². The first-order valence-corrected chi connectivity index (χ1v) is 6.61. The summed E-state index contributed by atoms with van der Waals surface area (Å²) in [7, 11) is 0. The molecule has 3 rings (SSSR count). The molecule has 1 aliphatic carbocycles. The Labute approximate surface area is 103 Å². The number of nitrogens with one attached hydrogen (secondary N) is 1. The molecular weight excluding hydrogens is 208 g/mol. The monoisotopic (exact) mass is 228 g/mol. The minimum Gasteiger partial charge on any atom is -0.314 e. The third kappa shape index (κ3) is 2.59. The molecule has 17 heavy (non-hydrogen) atoms. The molecule has 1 aromatic carbocycles. The minimum atomic E-state index is 0.697. The molecule has 0 radical (unpaired) electrons. The Bertz CT molecular complexity index is 405. The number of nitrogens with zero attached hydrogens (tertiary/aromatic N) is 1. The summed E-state index contributed by atoms with van der Waals surface area (Å²) in [6, 6.07) is 8.76. The summed E-state index contributed by atoms with van der Waals surface area (Å²) in [5.41, 5.74) is 2.92. The Morgan fingerprint density at radius 3 is 2.88 bits per heavy atom. The van der Waals surface area contributed by atoms with E-state index in [9.17, 15) is 0 Å². The molecule has 2 heteroatoms. The lowest BCUT2D eigenvalue weighted by molar-refractivity contribution is 0.219. The van der Waals surface area contributed by atoms with Crippen molar-refractivity contribution in [2.45, 2.75) is 6.42 Å². The first kappa shape index (κ1) is 11.0. The topological polar surface area (TPSA) is 15.3 Å². The van der Waals surface area contributed by atoms with E-state index in [1.807, 2.05) is 0 Å². The zero-order chi connectivity index (χ0) is 11.5. The molecule has 0 saturated carbocycles. The molecule has 1 saturated heterocycles. The van der Waals surface area contributed by atoms with Gasteiger partial charge in [-0.1, -0.05) is 36.4 Å². The van der Waals surface area contributed by atoms with Gasteiger partial charge < -0.3 is 10.2 Å². The number of hydrogen-bond donors (Lipinski definition) is 1. The number of fused-ring (bicyclic) bond motifs is 1. The van der Waals surface area contributed by atoms with Crippen molar-refractivity contribution in [2.75, 3.05) is 32.7 Å². The Hall–Kier alpha value is -1.12. The van der Waals surface area contributed by atoms with Gasteiger partial charge in [0.05, 0.1) is 0 Å². The van der Waals surface area contributed by atoms with Gasteiger partial charge in [0, 0.05) is 32.7 Å². The normalized spacial score (nSPS) is 24.6. The smallest absolute Gasteiger partial charge is 0.0108 e. The number of rotatable bonds is 2. The highest BCUT2D eigenvalue weighted by Gasteiger charge is 2.17. The van der Waals surface area contributed by atoms with Gasteiger partial charge in [0.25, 0.3) is 0 Å². The highest BCUT2D eigenvalue weighted by Crippen LogP contribution is 2.23. The van der Waals surface area contributed by atoms with Crippen LogP contribution in [0.4, 0.5) is 0 Å². The summed E-state index contributed by atoms with van der Waals surface area (Å²) in [6.07, 6.45) is 5.90. The van der Waals surface area contributed by atoms with Crippen molar-refractivity contribution in [3.8, 4) is 0 Å². The molecule has 1 heterocycles. The second-order valence-corrected chi connectivity index (χ2v) is 5.07. The summed E-state index contributed by atoms with van der Waals surface area (Å²) in [6.45, 7) is 5.91. The van der Waals surface area contributed by atoms with Crippen LogP contribution < -0.4 is 5.32 Å². The molecule has 1 aliphatic heterocycles. The molecular formula is C15H20N2. The second-order valence-electron chi connectivity index (χ2n) is 5.07. The van der Waals surface area contributed by atoms with E-state index in [4.69, 9.17) is 0 Å². The molecule has 1 fully saturated rings. The highest BCUT2D eigenvalue weighted by atomic mass is 15.2. The molecule has 1 unspecified atom stereocenters. The van der Waals surface area contributed by atoms with Crippen molar-refractivity contribution in [2.24, 2.45) is 5.92 Å². The molecule has 0 aromatic heterocycles. The van der Waals surface area contributed by atoms with Gasteiger partial charge in [0.1, 0.15) is 0 Å². The van der Waals surface area contributed by atoms with Gasteiger partial charge in [-0.25, -0.2) is 0 Å². The van der Waals surface area contributed by atoms with Crippen LogP contribution in [0.3, 0.4) is 0 Å². The van der Waals surface area contributed by atoms with Gasteiger partial charge in [-0.05, 0) is 23.5 Å². The average Bonchev–Trinajstić information content (AvgIpc) is 2.40. The van der Waals surface area contributed by atoms with Crippen LogP contribution in [-0.2, 0) is 6.42 Å². The Kier molecular flexibility index (Phi) is 3.25. The molecule has 90 valence electrons. The van der Waals surface area contributed by atoms with Crippen molar-refractivity contribution in [1.82, 2.24) is 10.2 Å². The van der Waals surface area contributed by atoms with Gasteiger partial charge in [0.15, 0.2) is 0 Å². The SMILES string of the molecule is C1=CC(CN2CCNCC2)Cc2ccccc21. The molecule has 1 atom stereocenters. The van der Waals surface area contributed by atoms with Crippen molar-refractivity contribution in [3.63, 3.8) is 0 Å². The van der Waals surface area contributed by atoms with Gasteiger partial charge in [-0.15, -0.1) is 0 Å². The molecule has 1 N–H and O–H groups in total. The maximum absolute atomic E-state index is 3.41. The third-order valence-electron chi connectivity index (χ3n) is 3.79. The van der Waals surface area contributed by atoms with Crippen LogP contribution in [0.15, 0.2) is 30.3 Å². The lowest BCUT2D eigenvalue weighted by Crippen LogP contribution is -2.45. The van der Waals surface area contributed by atoms with Gasteiger partial charge in [0.2, 0.25) is 0 Å². The summed E-state index contributed by atoms with van der Waals surface area (Å²) < 4.78 is 0. The van der Waals surface area contributed by atoms with Gasteiger partial charge in [-0.3, -0.25) is 0 Å². The summed E-state index contributed by atoms with van der Waals surface area (Å²) in [5, 5.41) is 3.41. The number of piperazine rings is 1. The van der Waals surface area contributed by atoms with Crippen LogP contribution in [-0.4, -0.2) is 37.6 Å². The molecule has 0 amide bonds. The zero-order valence-corrected chi connectivity index (χ0v) is 10.2. The molecule has 2 aliphatic rings. The fraction of sp³-hybridized carbons (Fsp3) is 0.467. The standard InChI is InChI=1S/C15H20N2/c1-2-4-15-11-13(5-6-14(15)3-1)12-17-9-7-16-8-10-17/h1-6,13,16H,7-12H2. The van der Waals surface area contributed by atoms with Crippen LogP contribution in [0.5, 0.6) is 0 Å². The Morgan fingerprint density at radius 1 is 1.18 bits per heavy atom. The van der Waals surface area contributed by atoms with Crippen LogP contribution >= 0.6 is 0 Å². The van der Waals surface area contributed by atoms with Crippen molar-refractivity contribution < 1.29 is 0 Å². The van der Waals surface area contributed by atoms with E-state index in [1.165, 1.54) is 37.2 Å². The average molecular weight is 228 g/mol. The maximum Gasteiger partial charge on any atom is 0.0108 e. The molecule has 0 spiro atoms. The largest absolute Gasteiger partial charge is 0.314 e. The Morgan fingerprint density at radius 2 is 2.00 bits per heavy atom. The first-order valence-electron chi connectivity index (χ1n) is 6.61. The van der Waals surface area contributed by atoms with Crippen LogP contribution in [0.2, 0.25) is 0 Å². The summed E-state index contributed by atoms with van der Waals surface area (Å²) in [5.74, 6) is 0.697. The van der Waals surface area contributed by atoms with Crippen molar-refractivity contribution in [3.05, 3.63) is 41.5 Å². The minimum absolute atomic E-state index is 0.697. The molecule has 0 bridgehead atoms. The van der Waals surface area contributed by atoms with Gasteiger partial charge >= 0.3 is 0 Å². The Balaban J connectivity index is 1.64. The summed E-state index contributed by atoms with van der Waals surface area (Å²) in [4.78, 5) is 2.58.